The Balaban J connectivity index is 1.69. The second-order valence-electron chi connectivity index (χ2n) is 11.2. The number of aryl methyl sites for hydroxylation is 4. The van der Waals surface area contributed by atoms with Crippen molar-refractivity contribution in [2.45, 2.75) is 79.1 Å². The van der Waals surface area contributed by atoms with Gasteiger partial charge in [0.15, 0.2) is 0 Å². The second-order valence-corrected chi connectivity index (χ2v) is 15.2. The summed E-state index contributed by atoms with van der Waals surface area (Å²) in [6.07, 6.45) is 8.33. The highest BCUT2D eigenvalue weighted by Gasteiger charge is 2.31. The van der Waals surface area contributed by atoms with E-state index in [1.165, 1.54) is 104 Å². The molecule has 0 radical (unpaired) electrons. The lowest BCUT2D eigenvalue weighted by Gasteiger charge is -2.09. The third-order valence-corrected chi connectivity index (χ3v) is 13.0. The van der Waals surface area contributed by atoms with Crippen LogP contribution in [0.1, 0.15) is 76.2 Å². The molecule has 0 unspecified atom stereocenters. The van der Waals surface area contributed by atoms with Crippen molar-refractivity contribution >= 4 is 127 Å². The highest BCUT2D eigenvalue weighted by atomic mass is 32.1. The molecule has 8 heteroatoms. The van der Waals surface area contributed by atoms with E-state index in [2.05, 4.69) is 27.7 Å². The van der Waals surface area contributed by atoms with Crippen molar-refractivity contribution in [2.75, 3.05) is 0 Å². The summed E-state index contributed by atoms with van der Waals surface area (Å²) in [6, 6.07) is 0. The fourth-order valence-corrected chi connectivity index (χ4v) is 11.9. The quantitative estimate of drug-likeness (QED) is 0.175. The van der Waals surface area contributed by atoms with Crippen LogP contribution in [0.5, 0.6) is 0 Å². The van der Waals surface area contributed by atoms with E-state index in [9.17, 15) is 0 Å². The maximum atomic E-state index is 5.41. The average molecular weight is 597 g/mol. The molecule has 1 aromatic carbocycles. The molecule has 0 aliphatic heterocycles. The Morgan fingerprint density at radius 1 is 0.350 bits per heavy atom. The molecule has 0 saturated carbocycles. The Morgan fingerprint density at radius 2 is 0.575 bits per heavy atom. The van der Waals surface area contributed by atoms with Crippen LogP contribution in [-0.2, 0) is 25.7 Å². The van der Waals surface area contributed by atoms with E-state index < -0.39 is 0 Å². The van der Waals surface area contributed by atoms with Crippen LogP contribution in [0.4, 0.5) is 0 Å². The first-order valence-electron chi connectivity index (χ1n) is 14.7. The number of pyridine rings is 4. The monoisotopic (exact) mass is 596 g/mol. The predicted molar refractivity (Wildman–Crippen MR) is 179 cm³/mol. The van der Waals surface area contributed by atoms with Crippen molar-refractivity contribution in [1.29, 1.82) is 0 Å². The predicted octanol–water partition coefficient (Wildman–Crippen LogP) is 10.9. The summed E-state index contributed by atoms with van der Waals surface area (Å²) in [4.78, 5) is 26.4. The molecule has 0 atom stereocenters. The van der Waals surface area contributed by atoms with Gasteiger partial charge in [-0.05, 0) is 25.7 Å². The molecule has 0 aliphatic carbocycles. The minimum Gasteiger partial charge on any atom is -0.240 e. The van der Waals surface area contributed by atoms with Crippen LogP contribution >= 0.6 is 45.3 Å². The normalized spacial score (nSPS) is 13.3. The van der Waals surface area contributed by atoms with Gasteiger partial charge in [-0.15, -0.1) is 45.3 Å². The molecule has 0 amide bonds. The topological polar surface area (TPSA) is 51.6 Å². The zero-order valence-corrected chi connectivity index (χ0v) is 26.3. The van der Waals surface area contributed by atoms with Gasteiger partial charge in [0.2, 0.25) is 0 Å². The van der Waals surface area contributed by atoms with E-state index in [1.54, 1.807) is 0 Å². The Kier molecular flexibility index (Phi) is 5.13. The number of hydrogen-bond acceptors (Lipinski definition) is 8. The van der Waals surface area contributed by atoms with Gasteiger partial charge in [0.25, 0.3) is 0 Å². The van der Waals surface area contributed by atoms with Crippen molar-refractivity contribution in [3.63, 3.8) is 0 Å². The summed E-state index contributed by atoms with van der Waals surface area (Å²) in [5, 5.41) is 11.0. The molecule has 8 aromatic heterocycles. The number of aromatic nitrogens is 4. The van der Waals surface area contributed by atoms with Crippen LogP contribution in [-0.4, -0.2) is 19.9 Å². The van der Waals surface area contributed by atoms with Crippen LogP contribution in [0.3, 0.4) is 0 Å². The summed E-state index contributed by atoms with van der Waals surface area (Å²) in [5.74, 6) is 0. The van der Waals surface area contributed by atoms with E-state index in [0.717, 1.165) is 51.4 Å². The Bertz CT molecular complexity index is 2010. The summed E-state index contributed by atoms with van der Waals surface area (Å²) >= 11 is 7.52. The minimum absolute atomic E-state index is 0.994. The van der Waals surface area contributed by atoms with Gasteiger partial charge in [-0.25, -0.2) is 19.9 Å². The fourth-order valence-electron chi connectivity index (χ4n) is 7.00. The van der Waals surface area contributed by atoms with Gasteiger partial charge in [0, 0.05) is 43.1 Å². The molecule has 40 heavy (non-hydrogen) atoms. The van der Waals surface area contributed by atoms with Gasteiger partial charge in [-0.2, -0.15) is 0 Å². The number of hydrogen-bond donors (Lipinski definition) is 0. The maximum absolute atomic E-state index is 5.41. The van der Waals surface area contributed by atoms with E-state index in [-0.39, 0.29) is 0 Å². The molecule has 0 spiro atoms. The largest absolute Gasteiger partial charge is 0.240 e. The molecular weight excluding hydrogens is 569 g/mol. The molecule has 0 saturated heterocycles. The van der Waals surface area contributed by atoms with Crippen LogP contribution in [0.25, 0.3) is 81.2 Å². The summed E-state index contributed by atoms with van der Waals surface area (Å²) in [6.45, 7) is 9.06. The molecule has 9 aromatic rings. The Labute approximate surface area is 247 Å². The smallest absolute Gasteiger partial charge is 0.125 e. The van der Waals surface area contributed by atoms with Gasteiger partial charge in [0.05, 0.1) is 41.6 Å². The third kappa shape index (κ3) is 2.86. The first-order valence-corrected chi connectivity index (χ1v) is 17.9. The summed E-state index contributed by atoms with van der Waals surface area (Å²) < 4.78 is 5.38. The summed E-state index contributed by atoms with van der Waals surface area (Å²) in [5.41, 5.74) is 4.96. The maximum Gasteiger partial charge on any atom is 0.125 e. The van der Waals surface area contributed by atoms with Gasteiger partial charge < -0.3 is 0 Å². The highest BCUT2D eigenvalue weighted by molar-refractivity contribution is 7.30. The van der Waals surface area contributed by atoms with E-state index >= 15 is 0 Å². The van der Waals surface area contributed by atoms with E-state index in [0.29, 0.717) is 0 Å². The number of nitrogens with zero attached hydrogens (tertiary/aromatic N) is 4. The third-order valence-electron chi connectivity index (χ3n) is 8.50. The second kappa shape index (κ2) is 8.51. The first kappa shape index (κ1) is 24.1. The van der Waals surface area contributed by atoms with Gasteiger partial charge in [-0.3, -0.25) is 0 Å². The molecule has 0 N–H and O–H groups in total. The molecule has 4 nitrogen and oxygen atoms in total. The van der Waals surface area contributed by atoms with E-state index in [1.807, 2.05) is 45.3 Å². The minimum atomic E-state index is 0.994. The number of rotatable bonds is 8. The van der Waals surface area contributed by atoms with Crippen LogP contribution < -0.4 is 0 Å². The van der Waals surface area contributed by atoms with Gasteiger partial charge >= 0.3 is 0 Å². The van der Waals surface area contributed by atoms with E-state index in [4.69, 9.17) is 19.9 Å². The SMILES string of the molecule is CCCc1nc2sc3c(CCC)nc4sc5c(CCC)nc6sc7c(CCC)nc8sc1c1c2c3c4c5c6c7c81. The van der Waals surface area contributed by atoms with Crippen molar-refractivity contribution < 1.29 is 0 Å². The Hall–Kier alpha value is -2.52. The average Bonchev–Trinajstić information content (AvgIpc) is 3.67. The van der Waals surface area contributed by atoms with Crippen molar-refractivity contribution in [1.82, 2.24) is 19.9 Å². The molecule has 9 rings (SSSR count). The van der Waals surface area contributed by atoms with Crippen molar-refractivity contribution in [2.24, 2.45) is 0 Å². The number of thiophene rings is 4. The molecule has 8 heterocycles. The molecule has 0 bridgehead atoms. The van der Waals surface area contributed by atoms with Crippen molar-refractivity contribution in [3.8, 4) is 0 Å². The Morgan fingerprint density at radius 3 is 0.775 bits per heavy atom. The molecule has 0 fully saturated rings. The van der Waals surface area contributed by atoms with Crippen molar-refractivity contribution in [3.05, 3.63) is 22.8 Å². The zero-order chi connectivity index (χ0) is 26.9. The van der Waals surface area contributed by atoms with Crippen LogP contribution in [0, 0.1) is 0 Å². The van der Waals surface area contributed by atoms with Crippen LogP contribution in [0.2, 0.25) is 0 Å². The van der Waals surface area contributed by atoms with Gasteiger partial charge in [0.1, 0.15) is 19.3 Å². The molecule has 0 aliphatic rings. The lowest BCUT2D eigenvalue weighted by molar-refractivity contribution is 0.902. The molecular formula is C32H28N4S4. The van der Waals surface area contributed by atoms with Gasteiger partial charge in [-0.1, -0.05) is 53.4 Å². The summed E-state index contributed by atoms with van der Waals surface area (Å²) in [7, 11) is 0. The molecule has 200 valence electrons. The lowest BCUT2D eigenvalue weighted by atomic mass is 9.95. The van der Waals surface area contributed by atoms with Crippen LogP contribution in [0.15, 0.2) is 0 Å². The standard InChI is InChI=1S/C32H28N4S4/c1-5-9-13-25-17-21-18-23-20-24-19-22(17)30(37-25)34-15(11-7-3)27(19)39-32(24)36-16(12-8-4)28(20)40-31(23)35-14(10-6-2)26(18)38-29(21)33-13/h5-12H2,1-4H3. The highest BCUT2D eigenvalue weighted by Crippen LogP contribution is 2.56. The lowest BCUT2D eigenvalue weighted by Crippen LogP contribution is -1.93. The first-order chi connectivity index (χ1) is 19.7. The zero-order valence-electron chi connectivity index (χ0n) is 23.1. The fraction of sp³-hybridized carbons (Fsp3) is 0.375.